The normalized spacial score (nSPS) is 14.8. The number of carbonyl (C=O) groups excluding carboxylic acids is 1. The predicted molar refractivity (Wildman–Crippen MR) is 107 cm³/mol. The highest BCUT2D eigenvalue weighted by atomic mass is 35.5. The van der Waals surface area contributed by atoms with Crippen molar-refractivity contribution < 1.29 is 4.79 Å². The molecule has 2 rings (SSSR count). The molecular formula is C16H29Cl3N4O. The van der Waals surface area contributed by atoms with Gasteiger partial charge >= 0.3 is 0 Å². The highest BCUT2D eigenvalue weighted by Crippen LogP contribution is 2.04. The molecule has 0 aliphatic carbocycles. The van der Waals surface area contributed by atoms with Gasteiger partial charge in [-0.2, -0.15) is 0 Å². The van der Waals surface area contributed by atoms with Crippen LogP contribution in [0, 0.1) is 0 Å². The van der Waals surface area contributed by atoms with Crippen LogP contribution in [0.25, 0.3) is 0 Å². The van der Waals surface area contributed by atoms with Crippen LogP contribution in [0.4, 0.5) is 0 Å². The molecule has 5 nitrogen and oxygen atoms in total. The fourth-order valence-electron chi connectivity index (χ4n) is 2.55. The van der Waals surface area contributed by atoms with Crippen LogP contribution in [0.5, 0.6) is 0 Å². The van der Waals surface area contributed by atoms with Gasteiger partial charge in [-0.3, -0.25) is 9.69 Å². The van der Waals surface area contributed by atoms with E-state index in [9.17, 15) is 4.79 Å². The molecule has 0 bridgehead atoms. The smallest absolute Gasteiger partial charge is 0.251 e. The average molecular weight is 400 g/mol. The Bertz CT molecular complexity index is 451. The van der Waals surface area contributed by atoms with Crippen LogP contribution in [0.15, 0.2) is 24.3 Å². The molecule has 140 valence electrons. The second-order valence-electron chi connectivity index (χ2n) is 5.43. The van der Waals surface area contributed by atoms with Gasteiger partial charge in [0.1, 0.15) is 0 Å². The van der Waals surface area contributed by atoms with Gasteiger partial charge in [0.05, 0.1) is 0 Å². The minimum atomic E-state index is -0.00855. The third kappa shape index (κ3) is 8.01. The molecule has 0 unspecified atom stereocenters. The highest BCUT2D eigenvalue weighted by molar-refractivity contribution is 5.94. The number of nitrogens with zero attached hydrogens (tertiary/aromatic N) is 2. The molecule has 0 atom stereocenters. The first kappa shape index (κ1) is 25.7. The largest absolute Gasteiger partial charge is 0.351 e. The minimum absolute atomic E-state index is 0. The third-order valence-corrected chi connectivity index (χ3v) is 4.08. The van der Waals surface area contributed by atoms with Gasteiger partial charge in [-0.15, -0.1) is 37.2 Å². The van der Waals surface area contributed by atoms with Crippen molar-refractivity contribution in [2.45, 2.75) is 13.5 Å². The Morgan fingerprint density at radius 1 is 1.04 bits per heavy atom. The number of carbonyl (C=O) groups is 1. The number of nitrogens with one attached hydrogen (secondary N) is 1. The number of amides is 1. The van der Waals surface area contributed by atoms with E-state index in [0.29, 0.717) is 18.7 Å². The molecule has 1 aliphatic rings. The summed E-state index contributed by atoms with van der Waals surface area (Å²) in [6.07, 6.45) is 0. The Morgan fingerprint density at radius 2 is 1.58 bits per heavy atom. The van der Waals surface area contributed by atoms with Crippen molar-refractivity contribution in [1.29, 1.82) is 0 Å². The Hall–Kier alpha value is -0.560. The van der Waals surface area contributed by atoms with Gasteiger partial charge in [0.15, 0.2) is 0 Å². The maximum atomic E-state index is 12.0. The first-order valence-corrected chi connectivity index (χ1v) is 7.75. The summed E-state index contributed by atoms with van der Waals surface area (Å²) in [5.74, 6) is -0.00855. The van der Waals surface area contributed by atoms with Crippen LogP contribution in [-0.4, -0.2) is 61.5 Å². The molecule has 1 aromatic carbocycles. The molecule has 0 radical (unpaired) electrons. The highest BCUT2D eigenvalue weighted by Gasteiger charge is 2.15. The molecule has 1 fully saturated rings. The summed E-state index contributed by atoms with van der Waals surface area (Å²) in [5.41, 5.74) is 7.29. The van der Waals surface area contributed by atoms with Crippen molar-refractivity contribution in [3.05, 3.63) is 35.4 Å². The van der Waals surface area contributed by atoms with E-state index in [-0.39, 0.29) is 43.1 Å². The molecule has 1 heterocycles. The van der Waals surface area contributed by atoms with E-state index in [4.69, 9.17) is 5.73 Å². The van der Waals surface area contributed by atoms with E-state index in [1.165, 1.54) is 0 Å². The monoisotopic (exact) mass is 398 g/mol. The molecule has 3 N–H and O–H groups in total. The fourth-order valence-corrected chi connectivity index (χ4v) is 2.55. The number of piperazine rings is 1. The van der Waals surface area contributed by atoms with Gasteiger partial charge in [-0.25, -0.2) is 0 Å². The molecule has 1 saturated heterocycles. The average Bonchev–Trinajstić information content (AvgIpc) is 2.55. The van der Waals surface area contributed by atoms with Crippen molar-refractivity contribution in [3.63, 3.8) is 0 Å². The van der Waals surface area contributed by atoms with Crippen molar-refractivity contribution in [2.24, 2.45) is 5.73 Å². The second kappa shape index (κ2) is 13.7. The summed E-state index contributed by atoms with van der Waals surface area (Å²) < 4.78 is 0. The topological polar surface area (TPSA) is 61.6 Å². The van der Waals surface area contributed by atoms with Crippen molar-refractivity contribution in [3.8, 4) is 0 Å². The summed E-state index contributed by atoms with van der Waals surface area (Å²) in [6, 6.07) is 7.47. The number of likely N-dealkylation sites (N-methyl/N-ethyl adjacent to an activating group) is 1. The number of nitrogens with two attached hydrogens (primary N) is 1. The van der Waals surface area contributed by atoms with E-state index in [1.807, 2.05) is 24.3 Å². The predicted octanol–water partition coefficient (Wildman–Crippen LogP) is 1.78. The fraction of sp³-hybridized carbons (Fsp3) is 0.562. The zero-order valence-corrected chi connectivity index (χ0v) is 16.5. The first-order valence-electron chi connectivity index (χ1n) is 7.75. The SMILES string of the molecule is CCN1CCN(CCNC(=O)c2ccc(CN)cc2)CC1.Cl.Cl.Cl. The van der Waals surface area contributed by atoms with Crippen LogP contribution in [0.1, 0.15) is 22.8 Å². The van der Waals surface area contributed by atoms with E-state index in [1.54, 1.807) is 0 Å². The molecule has 24 heavy (non-hydrogen) atoms. The van der Waals surface area contributed by atoms with Crippen LogP contribution < -0.4 is 11.1 Å². The Morgan fingerprint density at radius 3 is 2.08 bits per heavy atom. The zero-order valence-electron chi connectivity index (χ0n) is 14.1. The summed E-state index contributed by atoms with van der Waals surface area (Å²) in [5, 5.41) is 2.98. The number of hydrogen-bond donors (Lipinski definition) is 2. The van der Waals surface area contributed by atoms with Gasteiger partial charge in [0.25, 0.3) is 5.91 Å². The Kier molecular flexibility index (Phi) is 14.7. The van der Waals surface area contributed by atoms with Crippen LogP contribution >= 0.6 is 37.2 Å². The molecule has 0 spiro atoms. The summed E-state index contributed by atoms with van der Waals surface area (Å²) in [6.45, 7) is 9.90. The lowest BCUT2D eigenvalue weighted by Gasteiger charge is -2.33. The van der Waals surface area contributed by atoms with Crippen molar-refractivity contribution >= 4 is 43.1 Å². The van der Waals surface area contributed by atoms with E-state index < -0.39 is 0 Å². The maximum Gasteiger partial charge on any atom is 0.251 e. The molecule has 8 heteroatoms. The minimum Gasteiger partial charge on any atom is -0.351 e. The molecule has 1 amide bonds. The van der Waals surface area contributed by atoms with Crippen molar-refractivity contribution in [2.75, 3.05) is 45.8 Å². The molecule has 1 aromatic rings. The van der Waals surface area contributed by atoms with E-state index in [0.717, 1.165) is 44.8 Å². The quantitative estimate of drug-likeness (QED) is 0.765. The first-order chi connectivity index (χ1) is 10.2. The molecule has 0 saturated carbocycles. The number of rotatable bonds is 6. The van der Waals surface area contributed by atoms with Crippen LogP contribution in [-0.2, 0) is 6.54 Å². The lowest BCUT2D eigenvalue weighted by Crippen LogP contribution is -2.48. The third-order valence-electron chi connectivity index (χ3n) is 4.08. The van der Waals surface area contributed by atoms with Crippen molar-refractivity contribution in [1.82, 2.24) is 15.1 Å². The van der Waals surface area contributed by atoms with Gasteiger partial charge in [-0.1, -0.05) is 19.1 Å². The van der Waals surface area contributed by atoms with Gasteiger partial charge in [0, 0.05) is 51.4 Å². The summed E-state index contributed by atoms with van der Waals surface area (Å²) in [7, 11) is 0. The maximum absolute atomic E-state index is 12.0. The number of benzene rings is 1. The summed E-state index contributed by atoms with van der Waals surface area (Å²) >= 11 is 0. The summed E-state index contributed by atoms with van der Waals surface area (Å²) in [4.78, 5) is 16.9. The molecular weight excluding hydrogens is 371 g/mol. The standard InChI is InChI=1S/C16H26N4O.3ClH/c1-2-19-9-11-20(12-10-19)8-7-18-16(21)15-5-3-14(13-17)4-6-15;;;/h3-6H,2,7-13,17H2,1H3,(H,18,21);3*1H. The van der Waals surface area contributed by atoms with Gasteiger partial charge in [0.2, 0.25) is 0 Å². The Balaban J connectivity index is 0. The van der Waals surface area contributed by atoms with Crippen LogP contribution in [0.3, 0.4) is 0 Å². The molecule has 0 aromatic heterocycles. The lowest BCUT2D eigenvalue weighted by molar-refractivity contribution is 0.0938. The second-order valence-corrected chi connectivity index (χ2v) is 5.43. The van der Waals surface area contributed by atoms with Crippen LogP contribution in [0.2, 0.25) is 0 Å². The van der Waals surface area contributed by atoms with E-state index in [2.05, 4.69) is 22.0 Å². The van der Waals surface area contributed by atoms with Gasteiger partial charge in [-0.05, 0) is 24.2 Å². The number of halogens is 3. The molecule has 1 aliphatic heterocycles. The number of hydrogen-bond acceptors (Lipinski definition) is 4. The Labute approximate surface area is 163 Å². The van der Waals surface area contributed by atoms with Gasteiger partial charge < -0.3 is 16.0 Å². The lowest BCUT2D eigenvalue weighted by atomic mass is 10.1. The van der Waals surface area contributed by atoms with E-state index >= 15 is 0 Å². The zero-order chi connectivity index (χ0) is 15.1.